The summed E-state index contributed by atoms with van der Waals surface area (Å²) < 4.78 is 1.81. The van der Waals surface area contributed by atoms with Gasteiger partial charge in [0.15, 0.2) is 0 Å². The second-order valence-corrected chi connectivity index (χ2v) is 6.31. The van der Waals surface area contributed by atoms with Crippen molar-refractivity contribution in [2.45, 2.75) is 50.7 Å². The number of amides is 1. The molecule has 21 heavy (non-hydrogen) atoms. The van der Waals surface area contributed by atoms with Crippen LogP contribution in [-0.2, 0) is 11.3 Å². The van der Waals surface area contributed by atoms with Gasteiger partial charge in [0.05, 0.1) is 30.5 Å². The predicted octanol–water partition coefficient (Wildman–Crippen LogP) is 1.47. The summed E-state index contributed by atoms with van der Waals surface area (Å²) in [6.07, 6.45) is 8.27. The van der Waals surface area contributed by atoms with Crippen LogP contribution in [0.1, 0.15) is 38.5 Å². The third-order valence-corrected chi connectivity index (χ3v) is 3.97. The molecule has 1 fully saturated rings. The molecule has 118 valence electrons. The van der Waals surface area contributed by atoms with Gasteiger partial charge < -0.3 is 15.3 Å². The third-order valence-electron chi connectivity index (χ3n) is 3.97. The fraction of sp³-hybridized carbons (Fsp3) is 0.733. The summed E-state index contributed by atoms with van der Waals surface area (Å²) >= 11 is 0. The van der Waals surface area contributed by atoms with Crippen molar-refractivity contribution in [3.05, 3.63) is 12.4 Å². The Kier molecular flexibility index (Phi) is 5.36. The number of anilines is 1. The van der Waals surface area contributed by atoms with Gasteiger partial charge in [-0.2, -0.15) is 5.10 Å². The van der Waals surface area contributed by atoms with E-state index >= 15 is 0 Å². The molecule has 6 nitrogen and oxygen atoms in total. The highest BCUT2D eigenvalue weighted by Crippen LogP contribution is 2.31. The average molecular weight is 294 g/mol. The molecule has 1 aromatic rings. The van der Waals surface area contributed by atoms with Crippen LogP contribution in [0, 0.1) is 0 Å². The van der Waals surface area contributed by atoms with E-state index < -0.39 is 5.60 Å². The highest BCUT2D eigenvalue weighted by molar-refractivity contribution is 5.91. The number of hydrogen-bond donors (Lipinski definition) is 2. The number of rotatable bonds is 6. The lowest BCUT2D eigenvalue weighted by Crippen LogP contribution is -2.35. The zero-order valence-corrected chi connectivity index (χ0v) is 13.0. The van der Waals surface area contributed by atoms with Crippen molar-refractivity contribution in [1.82, 2.24) is 14.7 Å². The van der Waals surface area contributed by atoms with Crippen molar-refractivity contribution >= 4 is 11.6 Å². The predicted molar refractivity (Wildman–Crippen MR) is 82.1 cm³/mol. The largest absolute Gasteiger partial charge is 0.389 e. The molecule has 0 radical (unpaired) electrons. The summed E-state index contributed by atoms with van der Waals surface area (Å²) in [5.41, 5.74) is -0.123. The molecule has 0 spiro atoms. The van der Waals surface area contributed by atoms with E-state index in [-0.39, 0.29) is 12.3 Å². The van der Waals surface area contributed by atoms with Crippen molar-refractivity contribution in [2.75, 3.05) is 26.0 Å². The van der Waals surface area contributed by atoms with Crippen LogP contribution in [0.2, 0.25) is 0 Å². The lowest BCUT2D eigenvalue weighted by atomic mass is 9.82. The maximum Gasteiger partial charge on any atom is 0.227 e. The number of aromatic nitrogens is 2. The van der Waals surface area contributed by atoms with Gasteiger partial charge in [0.2, 0.25) is 5.91 Å². The Balaban J connectivity index is 1.82. The van der Waals surface area contributed by atoms with E-state index in [2.05, 4.69) is 15.3 Å². The van der Waals surface area contributed by atoms with Gasteiger partial charge >= 0.3 is 0 Å². The molecule has 1 amide bonds. The molecule has 0 aliphatic heterocycles. The molecule has 2 N–H and O–H groups in total. The maximum atomic E-state index is 12.0. The fourth-order valence-corrected chi connectivity index (χ4v) is 2.74. The first-order valence-electron chi connectivity index (χ1n) is 7.66. The molecular formula is C15H26N4O2. The summed E-state index contributed by atoms with van der Waals surface area (Å²) in [7, 11) is 4.02. The van der Waals surface area contributed by atoms with E-state index in [1.807, 2.05) is 25.0 Å². The van der Waals surface area contributed by atoms with Crippen LogP contribution in [0.3, 0.4) is 0 Å². The number of carbonyl (C=O) groups is 1. The first-order chi connectivity index (χ1) is 9.97. The smallest absolute Gasteiger partial charge is 0.227 e. The van der Waals surface area contributed by atoms with Crippen molar-refractivity contribution in [3.8, 4) is 0 Å². The quantitative estimate of drug-likeness (QED) is 0.833. The first-order valence-corrected chi connectivity index (χ1v) is 7.66. The van der Waals surface area contributed by atoms with E-state index in [4.69, 9.17) is 0 Å². The Morgan fingerprint density at radius 1 is 1.43 bits per heavy atom. The second kappa shape index (κ2) is 7.04. The van der Waals surface area contributed by atoms with Crippen molar-refractivity contribution in [3.63, 3.8) is 0 Å². The molecule has 6 heteroatoms. The minimum Gasteiger partial charge on any atom is -0.389 e. The third kappa shape index (κ3) is 5.13. The fourth-order valence-electron chi connectivity index (χ4n) is 2.74. The van der Waals surface area contributed by atoms with Crippen LogP contribution in [0.4, 0.5) is 5.69 Å². The number of likely N-dealkylation sites (N-methyl/N-ethyl adjacent to an activating group) is 1. The highest BCUT2D eigenvalue weighted by Gasteiger charge is 2.31. The molecule has 1 aliphatic carbocycles. The summed E-state index contributed by atoms with van der Waals surface area (Å²) in [4.78, 5) is 14.1. The molecule has 0 unspecified atom stereocenters. The zero-order chi connectivity index (χ0) is 15.3. The second-order valence-electron chi connectivity index (χ2n) is 6.31. The van der Waals surface area contributed by atoms with Crippen molar-refractivity contribution in [1.29, 1.82) is 0 Å². The molecule has 1 aromatic heterocycles. The molecule has 1 aliphatic rings. The number of nitrogens with one attached hydrogen (secondary N) is 1. The molecule has 0 saturated heterocycles. The van der Waals surface area contributed by atoms with Gasteiger partial charge in [-0.1, -0.05) is 19.3 Å². The molecular weight excluding hydrogens is 268 g/mol. The van der Waals surface area contributed by atoms with Crippen LogP contribution < -0.4 is 5.32 Å². The minimum atomic E-state index is -0.816. The van der Waals surface area contributed by atoms with Gasteiger partial charge in [-0.05, 0) is 26.9 Å². The monoisotopic (exact) mass is 294 g/mol. The lowest BCUT2D eigenvalue weighted by Gasteiger charge is -2.31. The topological polar surface area (TPSA) is 70.4 Å². The van der Waals surface area contributed by atoms with Gasteiger partial charge in [0.25, 0.3) is 0 Å². The van der Waals surface area contributed by atoms with Crippen LogP contribution in [-0.4, -0.2) is 51.9 Å². The maximum absolute atomic E-state index is 12.0. The summed E-state index contributed by atoms with van der Waals surface area (Å²) in [6.45, 7) is 1.68. The molecule has 0 atom stereocenters. The average Bonchev–Trinajstić information content (AvgIpc) is 2.84. The van der Waals surface area contributed by atoms with Crippen LogP contribution in [0.25, 0.3) is 0 Å². The Morgan fingerprint density at radius 2 is 2.14 bits per heavy atom. The summed E-state index contributed by atoms with van der Waals surface area (Å²) in [6, 6.07) is 0. The van der Waals surface area contributed by atoms with Crippen molar-refractivity contribution < 1.29 is 9.90 Å². The van der Waals surface area contributed by atoms with E-state index in [0.717, 1.165) is 45.2 Å². The Morgan fingerprint density at radius 3 is 2.81 bits per heavy atom. The summed E-state index contributed by atoms with van der Waals surface area (Å²) in [5.74, 6) is -0.133. The van der Waals surface area contributed by atoms with Crippen LogP contribution >= 0.6 is 0 Å². The number of nitrogens with zero attached hydrogens (tertiary/aromatic N) is 3. The standard InChI is InChI=1S/C15H26N4O2/c1-18(2)8-9-19-12-13(11-16-19)17-14(20)10-15(21)6-4-3-5-7-15/h11-12,21H,3-10H2,1-2H3,(H,17,20). The Bertz CT molecular complexity index is 464. The molecule has 1 heterocycles. The summed E-state index contributed by atoms with van der Waals surface area (Å²) in [5, 5.41) is 17.4. The van der Waals surface area contributed by atoms with E-state index in [9.17, 15) is 9.90 Å². The molecule has 0 bridgehead atoms. The Labute approximate surface area is 126 Å². The van der Waals surface area contributed by atoms with Crippen LogP contribution in [0.15, 0.2) is 12.4 Å². The lowest BCUT2D eigenvalue weighted by molar-refractivity contribution is -0.122. The molecule has 0 aromatic carbocycles. The normalized spacial score (nSPS) is 17.9. The van der Waals surface area contributed by atoms with Gasteiger partial charge in [-0.25, -0.2) is 0 Å². The highest BCUT2D eigenvalue weighted by atomic mass is 16.3. The Hall–Kier alpha value is -1.40. The van der Waals surface area contributed by atoms with Crippen molar-refractivity contribution in [2.24, 2.45) is 0 Å². The molecule has 1 saturated carbocycles. The number of aliphatic hydroxyl groups is 1. The van der Waals surface area contributed by atoms with Gasteiger partial charge in [-0.15, -0.1) is 0 Å². The first kappa shape index (κ1) is 16.0. The van der Waals surface area contributed by atoms with E-state index in [1.54, 1.807) is 6.20 Å². The van der Waals surface area contributed by atoms with Crippen LogP contribution in [0.5, 0.6) is 0 Å². The number of hydrogen-bond acceptors (Lipinski definition) is 4. The number of carbonyl (C=O) groups excluding carboxylic acids is 1. The van der Waals surface area contributed by atoms with E-state index in [0.29, 0.717) is 5.69 Å². The van der Waals surface area contributed by atoms with E-state index in [1.165, 1.54) is 0 Å². The van der Waals surface area contributed by atoms with Gasteiger partial charge in [0.1, 0.15) is 0 Å². The van der Waals surface area contributed by atoms with Gasteiger partial charge in [0, 0.05) is 12.7 Å². The zero-order valence-electron chi connectivity index (χ0n) is 13.0. The molecule has 2 rings (SSSR count). The van der Waals surface area contributed by atoms with Gasteiger partial charge in [-0.3, -0.25) is 9.48 Å². The SMILES string of the molecule is CN(C)CCn1cc(NC(=O)CC2(O)CCCCC2)cn1. The minimum absolute atomic E-state index is 0.133.